The van der Waals surface area contributed by atoms with Crippen molar-refractivity contribution in [2.75, 3.05) is 26.2 Å². The molecule has 0 bridgehead atoms. The molecule has 0 radical (unpaired) electrons. The van der Waals surface area contributed by atoms with Crippen LogP contribution >= 0.6 is 0 Å². The molecule has 2 atom stereocenters. The molecule has 1 aromatic carbocycles. The molecule has 0 aromatic heterocycles. The van der Waals surface area contributed by atoms with E-state index < -0.39 is 0 Å². The average Bonchev–Trinajstić information content (AvgIpc) is 2.85. The Morgan fingerprint density at radius 2 is 1.89 bits per heavy atom. The number of hydrogen-bond donors (Lipinski definition) is 0. The maximum Gasteiger partial charge on any atom is 0.0702 e. The summed E-state index contributed by atoms with van der Waals surface area (Å²) in [6, 6.07) is 11.0. The Hall–Kier alpha value is -0.860. The second kappa shape index (κ2) is 6.53. The highest BCUT2D eigenvalue weighted by Crippen LogP contribution is 2.28. The van der Waals surface area contributed by atoms with Crippen LogP contribution in [0.4, 0.5) is 0 Å². The summed E-state index contributed by atoms with van der Waals surface area (Å²) in [5.41, 5.74) is 1.53. The van der Waals surface area contributed by atoms with Gasteiger partial charge in [-0.2, -0.15) is 0 Å². The number of benzene rings is 1. The molecule has 2 fully saturated rings. The number of rotatable bonds is 3. The van der Waals surface area contributed by atoms with Crippen LogP contribution in [-0.2, 0) is 4.74 Å². The monoisotopic (exact) mass is 259 g/mol. The first kappa shape index (κ1) is 13.1. The molecule has 0 amide bonds. The van der Waals surface area contributed by atoms with Gasteiger partial charge < -0.3 is 9.64 Å². The summed E-state index contributed by atoms with van der Waals surface area (Å²) in [6.07, 6.45) is 6.99. The summed E-state index contributed by atoms with van der Waals surface area (Å²) >= 11 is 0. The topological polar surface area (TPSA) is 12.5 Å². The van der Waals surface area contributed by atoms with E-state index >= 15 is 0 Å². The molecule has 2 heteroatoms. The summed E-state index contributed by atoms with van der Waals surface area (Å²) in [5, 5.41) is 0. The highest BCUT2D eigenvalue weighted by atomic mass is 16.5. The number of ether oxygens (including phenoxy) is 1. The summed E-state index contributed by atoms with van der Waals surface area (Å²) in [5.74, 6) is 0.760. The van der Waals surface area contributed by atoms with E-state index in [1.54, 1.807) is 0 Å². The van der Waals surface area contributed by atoms with Crippen LogP contribution in [0.2, 0.25) is 0 Å². The third-order valence-corrected chi connectivity index (χ3v) is 4.58. The normalized spacial score (nSPS) is 29.3. The van der Waals surface area contributed by atoms with Gasteiger partial charge in [0.15, 0.2) is 0 Å². The van der Waals surface area contributed by atoms with Crippen LogP contribution in [0.25, 0.3) is 0 Å². The molecule has 2 heterocycles. The van der Waals surface area contributed by atoms with Crippen LogP contribution in [0.15, 0.2) is 30.3 Å². The minimum absolute atomic E-state index is 0.508. The highest BCUT2D eigenvalue weighted by Gasteiger charge is 2.22. The van der Waals surface area contributed by atoms with Crippen molar-refractivity contribution in [1.29, 1.82) is 0 Å². The van der Waals surface area contributed by atoms with Gasteiger partial charge in [-0.25, -0.2) is 0 Å². The minimum Gasteiger partial charge on any atom is -0.377 e. The van der Waals surface area contributed by atoms with Gasteiger partial charge in [0, 0.05) is 13.2 Å². The zero-order valence-electron chi connectivity index (χ0n) is 11.8. The minimum atomic E-state index is 0.508. The second-order valence-corrected chi connectivity index (χ2v) is 5.97. The zero-order valence-corrected chi connectivity index (χ0v) is 11.8. The number of hydrogen-bond acceptors (Lipinski definition) is 2. The Bertz CT molecular complexity index is 372. The second-order valence-electron chi connectivity index (χ2n) is 5.97. The molecule has 3 rings (SSSR count). The molecule has 2 nitrogen and oxygen atoms in total. The smallest absolute Gasteiger partial charge is 0.0702 e. The lowest BCUT2D eigenvalue weighted by Gasteiger charge is -2.23. The van der Waals surface area contributed by atoms with Crippen LogP contribution in [0.1, 0.15) is 43.6 Å². The summed E-state index contributed by atoms with van der Waals surface area (Å²) in [7, 11) is 0. The first-order valence-electron chi connectivity index (χ1n) is 7.81. The fourth-order valence-corrected chi connectivity index (χ4v) is 3.47. The van der Waals surface area contributed by atoms with Crippen molar-refractivity contribution in [3.63, 3.8) is 0 Å². The van der Waals surface area contributed by atoms with Gasteiger partial charge in [-0.15, -0.1) is 0 Å². The maximum atomic E-state index is 5.77. The molecule has 0 spiro atoms. The van der Waals surface area contributed by atoms with Gasteiger partial charge in [0.05, 0.1) is 6.10 Å². The summed E-state index contributed by atoms with van der Waals surface area (Å²) in [4.78, 5) is 2.62. The highest BCUT2D eigenvalue weighted by molar-refractivity contribution is 5.19. The van der Waals surface area contributed by atoms with Crippen LogP contribution in [0, 0.1) is 0 Å². The fourth-order valence-electron chi connectivity index (χ4n) is 3.47. The van der Waals surface area contributed by atoms with Crippen molar-refractivity contribution in [3.05, 3.63) is 35.9 Å². The van der Waals surface area contributed by atoms with E-state index in [2.05, 4.69) is 35.2 Å². The molecule has 2 aliphatic rings. The standard InChI is InChI=1S/C17H25NO/c1-2-6-15(7-3-1)16-8-4-11-18(12-10-16)14-17-9-5-13-19-17/h1-3,6-7,16-17H,4-5,8-14H2. The van der Waals surface area contributed by atoms with Crippen molar-refractivity contribution in [3.8, 4) is 0 Å². The molecule has 2 unspecified atom stereocenters. The van der Waals surface area contributed by atoms with Crippen molar-refractivity contribution < 1.29 is 4.74 Å². The lowest BCUT2D eigenvalue weighted by molar-refractivity contribution is 0.0742. The van der Waals surface area contributed by atoms with Gasteiger partial charge in [0.2, 0.25) is 0 Å². The first-order valence-corrected chi connectivity index (χ1v) is 7.81. The largest absolute Gasteiger partial charge is 0.377 e. The predicted octanol–water partition coefficient (Wildman–Crippen LogP) is 3.44. The molecule has 2 saturated heterocycles. The van der Waals surface area contributed by atoms with E-state index in [1.807, 2.05) is 0 Å². The molecule has 2 aliphatic heterocycles. The lowest BCUT2D eigenvalue weighted by atomic mass is 9.92. The van der Waals surface area contributed by atoms with E-state index in [4.69, 9.17) is 4.74 Å². The Kier molecular flexibility index (Phi) is 4.52. The molecule has 19 heavy (non-hydrogen) atoms. The molecule has 0 saturated carbocycles. The third kappa shape index (κ3) is 3.58. The quantitative estimate of drug-likeness (QED) is 0.824. The molecule has 0 N–H and O–H groups in total. The molecular weight excluding hydrogens is 234 g/mol. The Balaban J connectivity index is 1.53. The fraction of sp³-hybridized carbons (Fsp3) is 0.647. The van der Waals surface area contributed by atoms with Crippen molar-refractivity contribution in [1.82, 2.24) is 4.90 Å². The van der Waals surface area contributed by atoms with Crippen molar-refractivity contribution in [2.45, 2.75) is 44.1 Å². The summed E-state index contributed by atoms with van der Waals surface area (Å²) < 4.78 is 5.77. The molecule has 104 valence electrons. The van der Waals surface area contributed by atoms with Gasteiger partial charge in [-0.05, 0) is 56.7 Å². The Labute approximate surface area is 116 Å². The predicted molar refractivity (Wildman–Crippen MR) is 78.4 cm³/mol. The van der Waals surface area contributed by atoms with Gasteiger partial charge >= 0.3 is 0 Å². The third-order valence-electron chi connectivity index (χ3n) is 4.58. The van der Waals surface area contributed by atoms with Gasteiger partial charge in [-0.3, -0.25) is 0 Å². The van der Waals surface area contributed by atoms with Crippen LogP contribution in [0.3, 0.4) is 0 Å². The van der Waals surface area contributed by atoms with Gasteiger partial charge in [-0.1, -0.05) is 30.3 Å². The maximum absolute atomic E-state index is 5.77. The van der Waals surface area contributed by atoms with E-state index in [1.165, 1.54) is 50.8 Å². The lowest BCUT2D eigenvalue weighted by Crippen LogP contribution is -2.33. The van der Waals surface area contributed by atoms with E-state index in [0.717, 1.165) is 19.1 Å². The molecule has 0 aliphatic carbocycles. The zero-order chi connectivity index (χ0) is 12.9. The SMILES string of the molecule is c1ccc(C2CCCN(CC3CCCO3)CC2)cc1. The van der Waals surface area contributed by atoms with Crippen LogP contribution < -0.4 is 0 Å². The number of nitrogens with zero attached hydrogens (tertiary/aromatic N) is 1. The first-order chi connectivity index (χ1) is 9.42. The summed E-state index contributed by atoms with van der Waals surface area (Å²) in [6.45, 7) is 4.62. The van der Waals surface area contributed by atoms with Crippen molar-refractivity contribution in [2.24, 2.45) is 0 Å². The van der Waals surface area contributed by atoms with E-state index in [9.17, 15) is 0 Å². The molecule has 1 aromatic rings. The average molecular weight is 259 g/mol. The van der Waals surface area contributed by atoms with E-state index in [-0.39, 0.29) is 0 Å². The number of likely N-dealkylation sites (tertiary alicyclic amines) is 1. The van der Waals surface area contributed by atoms with Crippen molar-refractivity contribution >= 4 is 0 Å². The van der Waals surface area contributed by atoms with Gasteiger partial charge in [0.1, 0.15) is 0 Å². The van der Waals surface area contributed by atoms with Crippen LogP contribution in [0.5, 0.6) is 0 Å². The Morgan fingerprint density at radius 1 is 1.00 bits per heavy atom. The molecular formula is C17H25NO. The van der Waals surface area contributed by atoms with Crippen LogP contribution in [-0.4, -0.2) is 37.2 Å². The van der Waals surface area contributed by atoms with E-state index in [0.29, 0.717) is 6.10 Å². The van der Waals surface area contributed by atoms with Gasteiger partial charge in [0.25, 0.3) is 0 Å². The Morgan fingerprint density at radius 3 is 2.68 bits per heavy atom.